The SMILES string of the molecule is CCCNC(c1ccc(OC)cc1)C(C)S(=O)C(C)CC. The van der Waals surface area contributed by atoms with Crippen LogP contribution in [0, 0.1) is 0 Å². The van der Waals surface area contributed by atoms with Crippen molar-refractivity contribution in [2.75, 3.05) is 13.7 Å². The van der Waals surface area contributed by atoms with Gasteiger partial charge >= 0.3 is 0 Å². The average molecular weight is 311 g/mol. The van der Waals surface area contributed by atoms with Gasteiger partial charge in [-0.25, -0.2) is 0 Å². The van der Waals surface area contributed by atoms with E-state index < -0.39 is 10.8 Å². The quantitative estimate of drug-likeness (QED) is 0.756. The van der Waals surface area contributed by atoms with Crippen molar-refractivity contribution < 1.29 is 8.95 Å². The number of nitrogens with one attached hydrogen (secondary N) is 1. The first-order chi connectivity index (χ1) is 10.0. The van der Waals surface area contributed by atoms with E-state index in [-0.39, 0.29) is 16.5 Å². The molecule has 0 amide bonds. The number of ether oxygens (including phenoxy) is 1. The molecule has 1 aromatic carbocycles. The minimum Gasteiger partial charge on any atom is -0.497 e. The zero-order valence-electron chi connectivity index (χ0n) is 13.9. The van der Waals surface area contributed by atoms with Crippen molar-refractivity contribution in [1.29, 1.82) is 0 Å². The van der Waals surface area contributed by atoms with Crippen molar-refractivity contribution in [3.05, 3.63) is 29.8 Å². The highest BCUT2D eigenvalue weighted by Gasteiger charge is 2.26. The van der Waals surface area contributed by atoms with Crippen LogP contribution in [-0.4, -0.2) is 28.4 Å². The third kappa shape index (κ3) is 5.11. The molecule has 0 aliphatic rings. The molecule has 4 unspecified atom stereocenters. The van der Waals surface area contributed by atoms with Gasteiger partial charge in [0.05, 0.1) is 12.4 Å². The second-order valence-corrected chi connectivity index (χ2v) is 7.66. The van der Waals surface area contributed by atoms with E-state index in [1.807, 2.05) is 12.1 Å². The molecule has 0 bridgehead atoms. The number of benzene rings is 1. The van der Waals surface area contributed by atoms with Gasteiger partial charge in [0.2, 0.25) is 0 Å². The van der Waals surface area contributed by atoms with Crippen molar-refractivity contribution in [3.8, 4) is 5.75 Å². The van der Waals surface area contributed by atoms with E-state index in [1.165, 1.54) is 5.56 Å². The molecule has 0 aliphatic carbocycles. The lowest BCUT2D eigenvalue weighted by molar-refractivity contribution is 0.414. The summed E-state index contributed by atoms with van der Waals surface area (Å²) in [7, 11) is 0.825. The lowest BCUT2D eigenvalue weighted by atomic mass is 10.0. The van der Waals surface area contributed by atoms with Crippen LogP contribution in [0.2, 0.25) is 0 Å². The molecule has 4 heteroatoms. The fourth-order valence-corrected chi connectivity index (χ4v) is 3.91. The molecule has 0 aromatic heterocycles. The summed E-state index contributed by atoms with van der Waals surface area (Å²) in [6.45, 7) is 9.32. The minimum atomic E-state index is -0.844. The Morgan fingerprint density at radius 3 is 2.29 bits per heavy atom. The first kappa shape index (κ1) is 18.2. The zero-order valence-corrected chi connectivity index (χ0v) is 14.7. The highest BCUT2D eigenvalue weighted by Crippen LogP contribution is 2.25. The molecular formula is C17H29NO2S. The van der Waals surface area contributed by atoms with Gasteiger partial charge in [0.25, 0.3) is 0 Å². The van der Waals surface area contributed by atoms with Gasteiger partial charge in [0.15, 0.2) is 0 Å². The molecule has 120 valence electrons. The molecular weight excluding hydrogens is 282 g/mol. The largest absolute Gasteiger partial charge is 0.497 e. The molecule has 0 saturated heterocycles. The molecule has 21 heavy (non-hydrogen) atoms. The molecule has 0 aliphatic heterocycles. The van der Waals surface area contributed by atoms with Crippen LogP contribution in [0.15, 0.2) is 24.3 Å². The van der Waals surface area contributed by atoms with Gasteiger partial charge in [-0.05, 0) is 44.0 Å². The van der Waals surface area contributed by atoms with Crippen LogP contribution in [0.4, 0.5) is 0 Å². The number of hydrogen-bond donors (Lipinski definition) is 1. The summed E-state index contributed by atoms with van der Waals surface area (Å²) >= 11 is 0. The zero-order chi connectivity index (χ0) is 15.8. The van der Waals surface area contributed by atoms with Crippen LogP contribution in [0.5, 0.6) is 5.75 Å². The fraction of sp³-hybridized carbons (Fsp3) is 0.647. The van der Waals surface area contributed by atoms with Crippen LogP contribution in [0.1, 0.15) is 52.1 Å². The number of rotatable bonds is 9. The van der Waals surface area contributed by atoms with Crippen molar-refractivity contribution in [3.63, 3.8) is 0 Å². The molecule has 1 N–H and O–H groups in total. The first-order valence-electron chi connectivity index (χ1n) is 7.81. The van der Waals surface area contributed by atoms with E-state index >= 15 is 0 Å². The number of hydrogen-bond acceptors (Lipinski definition) is 3. The monoisotopic (exact) mass is 311 g/mol. The Morgan fingerprint density at radius 2 is 1.81 bits per heavy atom. The van der Waals surface area contributed by atoms with Crippen molar-refractivity contribution in [1.82, 2.24) is 5.32 Å². The van der Waals surface area contributed by atoms with E-state index in [9.17, 15) is 4.21 Å². The van der Waals surface area contributed by atoms with Crippen LogP contribution in [0.25, 0.3) is 0 Å². The van der Waals surface area contributed by atoms with Crippen LogP contribution in [-0.2, 0) is 10.8 Å². The normalized spacial score (nSPS) is 17.0. The van der Waals surface area contributed by atoms with Gasteiger partial charge < -0.3 is 10.1 Å². The van der Waals surface area contributed by atoms with Gasteiger partial charge in [-0.3, -0.25) is 4.21 Å². The van der Waals surface area contributed by atoms with Gasteiger partial charge in [0, 0.05) is 22.1 Å². The Balaban J connectivity index is 2.94. The third-order valence-electron chi connectivity index (χ3n) is 3.90. The molecule has 0 fully saturated rings. The summed E-state index contributed by atoms with van der Waals surface area (Å²) in [6, 6.07) is 8.18. The van der Waals surface area contributed by atoms with Crippen molar-refractivity contribution in [2.45, 2.75) is 57.1 Å². The molecule has 4 atom stereocenters. The molecule has 0 radical (unpaired) electrons. The Hall–Kier alpha value is -0.870. The van der Waals surface area contributed by atoms with Crippen molar-refractivity contribution >= 4 is 10.8 Å². The smallest absolute Gasteiger partial charge is 0.118 e. The predicted molar refractivity (Wildman–Crippen MR) is 91.4 cm³/mol. The van der Waals surface area contributed by atoms with Crippen LogP contribution in [0.3, 0.4) is 0 Å². The Labute approximate surface area is 131 Å². The molecule has 0 heterocycles. The molecule has 0 saturated carbocycles. The maximum Gasteiger partial charge on any atom is 0.118 e. The lowest BCUT2D eigenvalue weighted by Gasteiger charge is -2.27. The summed E-state index contributed by atoms with van der Waals surface area (Å²) < 4.78 is 17.8. The number of methoxy groups -OCH3 is 1. The second-order valence-electron chi connectivity index (χ2n) is 5.46. The van der Waals surface area contributed by atoms with Crippen molar-refractivity contribution in [2.24, 2.45) is 0 Å². The Kier molecular flexibility index (Phi) is 7.97. The summed E-state index contributed by atoms with van der Waals surface area (Å²) in [4.78, 5) is 0. The van der Waals surface area contributed by atoms with E-state index in [4.69, 9.17) is 4.74 Å². The Morgan fingerprint density at radius 1 is 1.19 bits per heavy atom. The summed E-state index contributed by atoms with van der Waals surface area (Å²) in [5.41, 5.74) is 1.17. The second kappa shape index (κ2) is 9.21. The Bertz CT molecular complexity index is 433. The van der Waals surface area contributed by atoms with E-state index in [1.54, 1.807) is 7.11 Å². The lowest BCUT2D eigenvalue weighted by Crippen LogP contribution is -2.36. The average Bonchev–Trinajstić information content (AvgIpc) is 2.54. The standard InChI is InChI=1S/C17H29NO2S/c1-6-12-18-17(14(4)21(19)13(3)7-2)15-8-10-16(20-5)11-9-15/h8-11,13-14,17-18H,6-7,12H2,1-5H3. The molecule has 3 nitrogen and oxygen atoms in total. The van der Waals surface area contributed by atoms with E-state index in [0.29, 0.717) is 0 Å². The van der Waals surface area contributed by atoms with Crippen LogP contribution >= 0.6 is 0 Å². The van der Waals surface area contributed by atoms with Gasteiger partial charge in [-0.2, -0.15) is 0 Å². The summed E-state index contributed by atoms with van der Waals surface area (Å²) in [5.74, 6) is 0.851. The first-order valence-corrected chi connectivity index (χ1v) is 9.09. The summed E-state index contributed by atoms with van der Waals surface area (Å²) in [5, 5.41) is 3.86. The van der Waals surface area contributed by atoms with Gasteiger partial charge in [-0.15, -0.1) is 0 Å². The van der Waals surface area contributed by atoms with E-state index in [2.05, 4.69) is 45.1 Å². The summed E-state index contributed by atoms with van der Waals surface area (Å²) in [6.07, 6.45) is 2.01. The minimum absolute atomic E-state index is 0.0832. The predicted octanol–water partition coefficient (Wildman–Crippen LogP) is 3.67. The van der Waals surface area contributed by atoms with Gasteiger partial charge in [-0.1, -0.05) is 32.9 Å². The van der Waals surface area contributed by atoms with Crippen LogP contribution < -0.4 is 10.1 Å². The maximum absolute atomic E-state index is 12.6. The topological polar surface area (TPSA) is 38.3 Å². The molecule has 1 aromatic rings. The maximum atomic E-state index is 12.6. The molecule has 1 rings (SSSR count). The highest BCUT2D eigenvalue weighted by molar-refractivity contribution is 7.86. The third-order valence-corrected chi connectivity index (χ3v) is 6.03. The van der Waals surface area contributed by atoms with E-state index in [0.717, 1.165) is 25.1 Å². The van der Waals surface area contributed by atoms with Gasteiger partial charge in [0.1, 0.15) is 5.75 Å². The fourth-order valence-electron chi connectivity index (χ4n) is 2.33. The highest BCUT2D eigenvalue weighted by atomic mass is 32.2. The molecule has 0 spiro atoms.